The zero-order valence-corrected chi connectivity index (χ0v) is 14.7. The summed E-state index contributed by atoms with van der Waals surface area (Å²) in [5.74, 6) is 0.200. The van der Waals surface area contributed by atoms with E-state index in [4.69, 9.17) is 4.74 Å². The van der Waals surface area contributed by atoms with Gasteiger partial charge in [-0.2, -0.15) is 0 Å². The lowest BCUT2D eigenvalue weighted by Crippen LogP contribution is -2.11. The van der Waals surface area contributed by atoms with Crippen molar-refractivity contribution in [1.82, 2.24) is 4.98 Å². The number of hydrogen-bond donors (Lipinski definition) is 1. The van der Waals surface area contributed by atoms with E-state index in [0.717, 1.165) is 21.9 Å². The van der Waals surface area contributed by atoms with Crippen LogP contribution in [0.5, 0.6) is 5.75 Å². The second kappa shape index (κ2) is 7.44. The molecule has 0 spiro atoms. The van der Waals surface area contributed by atoms with Crippen molar-refractivity contribution in [1.29, 1.82) is 0 Å². The van der Waals surface area contributed by atoms with Gasteiger partial charge in [-0.05, 0) is 62.4 Å². The third-order valence-electron chi connectivity index (χ3n) is 3.56. The van der Waals surface area contributed by atoms with E-state index in [1.54, 1.807) is 36.4 Å². The van der Waals surface area contributed by atoms with Crippen molar-refractivity contribution in [3.8, 4) is 17.0 Å². The number of nitrogens with zero attached hydrogens (tertiary/aromatic N) is 1. The summed E-state index contributed by atoms with van der Waals surface area (Å²) in [5.41, 5.74) is 2.09. The smallest absolute Gasteiger partial charge is 0.257 e. The maximum atomic E-state index is 13.1. The monoisotopic (exact) mass is 356 g/mol. The van der Waals surface area contributed by atoms with Gasteiger partial charge in [0.2, 0.25) is 0 Å². The molecule has 0 saturated carbocycles. The lowest BCUT2D eigenvalue weighted by atomic mass is 10.1. The Bertz CT molecular complexity index is 873. The number of anilines is 1. The molecule has 1 amide bonds. The maximum Gasteiger partial charge on any atom is 0.257 e. The first-order valence-electron chi connectivity index (χ1n) is 7.84. The van der Waals surface area contributed by atoms with Gasteiger partial charge in [-0.25, -0.2) is 9.37 Å². The third kappa shape index (κ3) is 4.03. The number of ether oxygens (including phenoxy) is 1. The normalized spacial score (nSPS) is 10.5. The molecule has 0 bridgehead atoms. The molecule has 0 aliphatic carbocycles. The fourth-order valence-corrected chi connectivity index (χ4v) is 3.19. The summed E-state index contributed by atoms with van der Waals surface area (Å²) < 4.78 is 18.4. The van der Waals surface area contributed by atoms with Crippen LogP contribution in [-0.2, 0) is 0 Å². The first-order valence-corrected chi connectivity index (χ1v) is 8.66. The van der Waals surface area contributed by atoms with E-state index < -0.39 is 0 Å². The van der Waals surface area contributed by atoms with Crippen molar-refractivity contribution in [2.75, 3.05) is 11.9 Å². The van der Waals surface area contributed by atoms with Crippen LogP contribution in [0.3, 0.4) is 0 Å². The number of nitrogens with one attached hydrogen (secondary N) is 1. The van der Waals surface area contributed by atoms with Crippen LogP contribution in [0, 0.1) is 12.7 Å². The topological polar surface area (TPSA) is 51.2 Å². The largest absolute Gasteiger partial charge is 0.494 e. The number of hydrogen-bond acceptors (Lipinski definition) is 4. The average molecular weight is 356 g/mol. The number of rotatable bonds is 5. The van der Waals surface area contributed by atoms with Gasteiger partial charge in [0.15, 0.2) is 5.13 Å². The Labute approximate surface area is 149 Å². The molecule has 0 atom stereocenters. The van der Waals surface area contributed by atoms with E-state index >= 15 is 0 Å². The summed E-state index contributed by atoms with van der Waals surface area (Å²) >= 11 is 1.39. The number of carbonyl (C=O) groups is 1. The molecule has 1 aromatic heterocycles. The van der Waals surface area contributed by atoms with Gasteiger partial charge in [-0.3, -0.25) is 10.1 Å². The van der Waals surface area contributed by atoms with Gasteiger partial charge in [0.1, 0.15) is 11.6 Å². The molecule has 0 radical (unpaired) electrons. The molecule has 0 aliphatic rings. The summed E-state index contributed by atoms with van der Waals surface area (Å²) in [4.78, 5) is 17.8. The molecule has 3 aromatic rings. The molecule has 25 heavy (non-hydrogen) atoms. The first kappa shape index (κ1) is 17.1. The number of aryl methyl sites for hydroxylation is 1. The highest BCUT2D eigenvalue weighted by molar-refractivity contribution is 7.16. The second-order valence-electron chi connectivity index (χ2n) is 5.34. The molecule has 1 heterocycles. The summed E-state index contributed by atoms with van der Waals surface area (Å²) in [6.45, 7) is 4.41. The number of benzene rings is 2. The van der Waals surface area contributed by atoms with Gasteiger partial charge in [-0.1, -0.05) is 0 Å². The minimum Gasteiger partial charge on any atom is -0.494 e. The fraction of sp³-hybridized carbons (Fsp3) is 0.158. The SMILES string of the molecule is CCOc1ccc(C(=O)Nc2nc(-c3ccc(F)cc3)c(C)s2)cc1. The van der Waals surface area contributed by atoms with Crippen molar-refractivity contribution < 1.29 is 13.9 Å². The summed E-state index contributed by atoms with van der Waals surface area (Å²) in [5, 5.41) is 3.32. The van der Waals surface area contributed by atoms with E-state index in [9.17, 15) is 9.18 Å². The Morgan fingerprint density at radius 1 is 1.16 bits per heavy atom. The number of amides is 1. The highest BCUT2D eigenvalue weighted by Crippen LogP contribution is 2.30. The van der Waals surface area contributed by atoms with Crippen LogP contribution < -0.4 is 10.1 Å². The molecule has 0 fully saturated rings. The van der Waals surface area contributed by atoms with Crippen molar-refractivity contribution in [3.05, 3.63) is 64.8 Å². The molecule has 6 heteroatoms. The van der Waals surface area contributed by atoms with Crippen molar-refractivity contribution in [2.24, 2.45) is 0 Å². The molecular weight excluding hydrogens is 339 g/mol. The molecule has 3 rings (SSSR count). The third-order valence-corrected chi connectivity index (χ3v) is 4.45. The fourth-order valence-electron chi connectivity index (χ4n) is 2.36. The number of thiazole rings is 1. The number of aromatic nitrogens is 1. The first-order chi connectivity index (χ1) is 12.1. The van der Waals surface area contributed by atoms with Crippen LogP contribution in [0.4, 0.5) is 9.52 Å². The van der Waals surface area contributed by atoms with Crippen LogP contribution in [0.2, 0.25) is 0 Å². The quantitative estimate of drug-likeness (QED) is 0.707. The van der Waals surface area contributed by atoms with Crippen molar-refractivity contribution >= 4 is 22.4 Å². The molecule has 0 aliphatic heterocycles. The Balaban J connectivity index is 1.75. The average Bonchev–Trinajstić information content (AvgIpc) is 2.97. The van der Waals surface area contributed by atoms with Gasteiger partial charge in [0.05, 0.1) is 12.3 Å². The Kier molecular flexibility index (Phi) is 5.09. The number of carbonyl (C=O) groups excluding carboxylic acids is 1. The van der Waals surface area contributed by atoms with E-state index in [1.165, 1.54) is 23.5 Å². The standard InChI is InChI=1S/C19H17FN2O2S/c1-3-24-16-10-6-14(7-11-16)18(23)22-19-21-17(12(2)25-19)13-4-8-15(20)9-5-13/h4-11H,3H2,1-2H3,(H,21,22,23). The predicted octanol–water partition coefficient (Wildman–Crippen LogP) is 4.91. The lowest BCUT2D eigenvalue weighted by Gasteiger charge is -2.04. The van der Waals surface area contributed by atoms with Crippen molar-refractivity contribution in [2.45, 2.75) is 13.8 Å². The Morgan fingerprint density at radius 3 is 2.48 bits per heavy atom. The molecular formula is C19H17FN2O2S. The van der Waals surface area contributed by atoms with Crippen molar-refractivity contribution in [3.63, 3.8) is 0 Å². The minimum absolute atomic E-state index is 0.234. The summed E-state index contributed by atoms with van der Waals surface area (Å²) in [6.07, 6.45) is 0. The van der Waals surface area contributed by atoms with Crippen LogP contribution in [0.1, 0.15) is 22.2 Å². The Hall–Kier alpha value is -2.73. The minimum atomic E-state index is -0.291. The van der Waals surface area contributed by atoms with Crippen LogP contribution in [0.15, 0.2) is 48.5 Å². The molecule has 128 valence electrons. The van der Waals surface area contributed by atoms with E-state index in [-0.39, 0.29) is 11.7 Å². The second-order valence-corrected chi connectivity index (χ2v) is 6.55. The lowest BCUT2D eigenvalue weighted by molar-refractivity contribution is 0.102. The van der Waals surface area contributed by atoms with Gasteiger partial charge in [0, 0.05) is 16.0 Å². The van der Waals surface area contributed by atoms with E-state index in [0.29, 0.717) is 17.3 Å². The molecule has 0 unspecified atom stereocenters. The van der Waals surface area contributed by atoms with E-state index in [2.05, 4.69) is 10.3 Å². The molecule has 2 aromatic carbocycles. The van der Waals surface area contributed by atoms with Gasteiger partial charge in [-0.15, -0.1) is 11.3 Å². The van der Waals surface area contributed by atoms with Gasteiger partial charge < -0.3 is 4.74 Å². The van der Waals surface area contributed by atoms with Gasteiger partial charge in [0.25, 0.3) is 5.91 Å². The van der Waals surface area contributed by atoms with Crippen LogP contribution in [0.25, 0.3) is 11.3 Å². The summed E-state index contributed by atoms with van der Waals surface area (Å²) in [6, 6.07) is 13.1. The zero-order chi connectivity index (χ0) is 17.8. The number of halogens is 1. The molecule has 0 saturated heterocycles. The van der Waals surface area contributed by atoms with Crippen LogP contribution >= 0.6 is 11.3 Å². The zero-order valence-electron chi connectivity index (χ0n) is 13.9. The molecule has 1 N–H and O–H groups in total. The van der Waals surface area contributed by atoms with Gasteiger partial charge >= 0.3 is 0 Å². The highest BCUT2D eigenvalue weighted by Gasteiger charge is 2.13. The van der Waals surface area contributed by atoms with Crippen LogP contribution in [-0.4, -0.2) is 17.5 Å². The van der Waals surface area contributed by atoms with E-state index in [1.807, 2.05) is 13.8 Å². The molecule has 4 nitrogen and oxygen atoms in total. The Morgan fingerprint density at radius 2 is 1.84 bits per heavy atom. The maximum absolute atomic E-state index is 13.1. The highest BCUT2D eigenvalue weighted by atomic mass is 32.1. The predicted molar refractivity (Wildman–Crippen MR) is 97.8 cm³/mol. The summed E-state index contributed by atoms with van der Waals surface area (Å²) in [7, 11) is 0.